The summed E-state index contributed by atoms with van der Waals surface area (Å²) in [5, 5.41) is 9.20. The van der Waals surface area contributed by atoms with Crippen LogP contribution in [0.5, 0.6) is 0 Å². The highest BCUT2D eigenvalue weighted by molar-refractivity contribution is 5.91. The number of hydrogen-bond acceptors (Lipinski definition) is 6. The molecule has 0 aliphatic heterocycles. The van der Waals surface area contributed by atoms with Crippen LogP contribution in [0.1, 0.15) is 37.8 Å². The van der Waals surface area contributed by atoms with E-state index in [1.54, 1.807) is 0 Å². The maximum Gasteiger partial charge on any atom is 0.407 e. The molecular formula is C30H38N4O6. The number of benzene rings is 2. The number of hydrogen-bond donors (Lipinski definition) is 4. The van der Waals surface area contributed by atoms with E-state index in [0.717, 1.165) is 22.0 Å². The standard InChI is InChI=1S/C30H38N4O6/c1-20(2)15-22(17-27(35)39-3)28(36)34-26(16-23-18-33-25-12-8-7-11-24(23)25)29(37)31-13-14-32-30(38)40-19-21-9-5-4-6-10-21/h4-12,18,20,22,26,33H,13-17,19H2,1-3H3,(H,31,37)(H,32,38)(H,34,36)/t22-,26+/m1/s1. The van der Waals surface area contributed by atoms with Gasteiger partial charge in [0.25, 0.3) is 0 Å². The maximum atomic E-state index is 13.3. The summed E-state index contributed by atoms with van der Waals surface area (Å²) in [7, 11) is 1.28. The second-order valence-electron chi connectivity index (χ2n) is 10.0. The Morgan fingerprint density at radius 1 is 0.900 bits per heavy atom. The van der Waals surface area contributed by atoms with Gasteiger partial charge in [-0.3, -0.25) is 14.4 Å². The second-order valence-corrected chi connectivity index (χ2v) is 10.0. The van der Waals surface area contributed by atoms with Crippen LogP contribution in [-0.4, -0.2) is 55.1 Å². The highest BCUT2D eigenvalue weighted by Crippen LogP contribution is 2.21. The average molecular weight is 551 g/mol. The van der Waals surface area contributed by atoms with Crippen LogP contribution >= 0.6 is 0 Å². The molecule has 0 fully saturated rings. The zero-order valence-corrected chi connectivity index (χ0v) is 23.2. The Morgan fingerprint density at radius 3 is 2.33 bits per heavy atom. The Bertz CT molecular complexity index is 1270. The molecule has 1 heterocycles. The SMILES string of the molecule is COC(=O)C[C@@H](CC(C)C)C(=O)N[C@@H](Cc1c[nH]c2ccccc12)C(=O)NCCNC(=O)OCc1ccccc1. The van der Waals surface area contributed by atoms with Crippen molar-refractivity contribution in [3.63, 3.8) is 0 Å². The molecule has 2 aromatic carbocycles. The lowest BCUT2D eigenvalue weighted by Crippen LogP contribution is -2.51. The van der Waals surface area contributed by atoms with Gasteiger partial charge in [0, 0.05) is 42.5 Å². The first-order valence-corrected chi connectivity index (χ1v) is 13.4. The molecule has 10 nitrogen and oxygen atoms in total. The second kappa shape index (κ2) is 15.3. The number of rotatable bonds is 14. The van der Waals surface area contributed by atoms with Crippen LogP contribution in [0.4, 0.5) is 4.79 Å². The number of para-hydroxylation sites is 1. The van der Waals surface area contributed by atoms with Crippen LogP contribution in [0.15, 0.2) is 60.8 Å². The molecule has 3 rings (SSSR count). The molecule has 0 aliphatic rings. The topological polar surface area (TPSA) is 139 Å². The number of methoxy groups -OCH3 is 1. The lowest BCUT2D eigenvalue weighted by molar-refractivity contribution is -0.144. The van der Waals surface area contributed by atoms with Crippen molar-refractivity contribution < 1.29 is 28.7 Å². The Balaban J connectivity index is 1.62. The minimum absolute atomic E-state index is 0.0725. The van der Waals surface area contributed by atoms with Gasteiger partial charge in [-0.2, -0.15) is 0 Å². The number of nitrogens with one attached hydrogen (secondary N) is 4. The highest BCUT2D eigenvalue weighted by Gasteiger charge is 2.29. The van der Waals surface area contributed by atoms with Crippen molar-refractivity contribution in [2.75, 3.05) is 20.2 Å². The molecule has 0 bridgehead atoms. The number of alkyl carbamates (subject to hydrolysis) is 1. The highest BCUT2D eigenvalue weighted by atomic mass is 16.5. The molecule has 0 saturated carbocycles. The van der Waals surface area contributed by atoms with Crippen LogP contribution < -0.4 is 16.0 Å². The largest absolute Gasteiger partial charge is 0.469 e. The normalized spacial score (nSPS) is 12.4. The van der Waals surface area contributed by atoms with Gasteiger partial charge in [-0.05, 0) is 29.5 Å². The first kappa shape index (κ1) is 30.2. The molecule has 4 N–H and O–H groups in total. The van der Waals surface area contributed by atoms with Crippen molar-refractivity contribution in [1.82, 2.24) is 20.9 Å². The predicted molar refractivity (Wildman–Crippen MR) is 151 cm³/mol. The summed E-state index contributed by atoms with van der Waals surface area (Å²) < 4.78 is 9.96. The van der Waals surface area contributed by atoms with Crippen LogP contribution in [0.2, 0.25) is 0 Å². The Labute approximate surface area is 234 Å². The Hall–Kier alpha value is -4.34. The number of H-pyrrole nitrogens is 1. The van der Waals surface area contributed by atoms with Crippen molar-refractivity contribution in [3.8, 4) is 0 Å². The summed E-state index contributed by atoms with van der Waals surface area (Å²) in [6, 6.07) is 16.1. The number of carbonyl (C=O) groups excluding carboxylic acids is 4. The van der Waals surface area contributed by atoms with Crippen molar-refractivity contribution in [2.45, 2.75) is 45.8 Å². The zero-order chi connectivity index (χ0) is 28.9. The van der Waals surface area contributed by atoms with Crippen LogP contribution in [0.25, 0.3) is 10.9 Å². The summed E-state index contributed by atoms with van der Waals surface area (Å²) in [6.07, 6.45) is 1.86. The first-order chi connectivity index (χ1) is 19.3. The Kier molecular flexibility index (Phi) is 11.6. The molecule has 40 heavy (non-hydrogen) atoms. The van der Waals surface area contributed by atoms with E-state index in [9.17, 15) is 19.2 Å². The molecule has 214 valence electrons. The molecule has 2 atom stereocenters. The number of aromatic nitrogens is 1. The van der Waals surface area contributed by atoms with Crippen molar-refractivity contribution in [3.05, 3.63) is 71.9 Å². The molecule has 3 aromatic rings. The third-order valence-corrected chi connectivity index (χ3v) is 6.41. The van der Waals surface area contributed by atoms with Gasteiger partial charge < -0.3 is 30.4 Å². The fraction of sp³-hybridized carbons (Fsp3) is 0.400. The fourth-order valence-corrected chi connectivity index (χ4v) is 4.40. The van der Waals surface area contributed by atoms with E-state index in [-0.39, 0.29) is 44.4 Å². The molecule has 0 aliphatic carbocycles. The monoisotopic (exact) mass is 550 g/mol. The van der Waals surface area contributed by atoms with Gasteiger partial charge in [-0.25, -0.2) is 4.79 Å². The van der Waals surface area contributed by atoms with Gasteiger partial charge in [0.2, 0.25) is 11.8 Å². The number of aromatic amines is 1. The van der Waals surface area contributed by atoms with Gasteiger partial charge in [0.15, 0.2) is 0 Å². The number of esters is 1. The molecule has 0 saturated heterocycles. The van der Waals surface area contributed by atoms with Gasteiger partial charge in [0.05, 0.1) is 13.5 Å². The average Bonchev–Trinajstić information content (AvgIpc) is 3.36. The zero-order valence-electron chi connectivity index (χ0n) is 23.2. The summed E-state index contributed by atoms with van der Waals surface area (Å²) >= 11 is 0. The van der Waals surface area contributed by atoms with Crippen LogP contribution in [0.3, 0.4) is 0 Å². The number of fused-ring (bicyclic) bond motifs is 1. The van der Waals surface area contributed by atoms with Crippen LogP contribution in [-0.2, 0) is 36.9 Å². The smallest absolute Gasteiger partial charge is 0.407 e. The minimum Gasteiger partial charge on any atom is -0.469 e. The van der Waals surface area contributed by atoms with E-state index in [2.05, 4.69) is 20.9 Å². The van der Waals surface area contributed by atoms with E-state index in [0.29, 0.717) is 6.42 Å². The van der Waals surface area contributed by atoms with E-state index in [1.807, 2.05) is 74.6 Å². The molecule has 0 unspecified atom stereocenters. The van der Waals surface area contributed by atoms with Gasteiger partial charge >= 0.3 is 12.1 Å². The molecular weight excluding hydrogens is 512 g/mol. The first-order valence-electron chi connectivity index (χ1n) is 13.4. The summed E-state index contributed by atoms with van der Waals surface area (Å²) in [6.45, 7) is 4.35. The molecule has 3 amide bonds. The molecule has 10 heteroatoms. The van der Waals surface area contributed by atoms with Crippen molar-refractivity contribution in [2.24, 2.45) is 11.8 Å². The summed E-state index contributed by atoms with van der Waals surface area (Å²) in [5.41, 5.74) is 2.65. The van der Waals surface area contributed by atoms with E-state index in [4.69, 9.17) is 9.47 Å². The quantitative estimate of drug-likeness (QED) is 0.179. The predicted octanol–water partition coefficient (Wildman–Crippen LogP) is 3.46. The number of amides is 3. The number of ether oxygens (including phenoxy) is 2. The third kappa shape index (κ3) is 9.44. The van der Waals surface area contributed by atoms with Gasteiger partial charge in [-0.1, -0.05) is 62.4 Å². The lowest BCUT2D eigenvalue weighted by Gasteiger charge is -2.23. The molecule has 0 radical (unpaired) electrons. The van der Waals surface area contributed by atoms with E-state index in [1.165, 1.54) is 7.11 Å². The molecule has 0 spiro atoms. The lowest BCUT2D eigenvalue weighted by atomic mass is 9.92. The summed E-state index contributed by atoms with van der Waals surface area (Å²) in [5.74, 6) is -1.74. The molecule has 1 aromatic heterocycles. The number of carbonyl (C=O) groups is 4. The Morgan fingerprint density at radius 2 is 1.60 bits per heavy atom. The van der Waals surface area contributed by atoms with E-state index >= 15 is 0 Å². The van der Waals surface area contributed by atoms with Gasteiger partial charge in [0.1, 0.15) is 12.6 Å². The van der Waals surface area contributed by atoms with Gasteiger partial charge in [-0.15, -0.1) is 0 Å². The van der Waals surface area contributed by atoms with Crippen LogP contribution in [0, 0.1) is 11.8 Å². The van der Waals surface area contributed by atoms with E-state index < -0.39 is 29.9 Å². The minimum atomic E-state index is -0.899. The fourth-order valence-electron chi connectivity index (χ4n) is 4.40. The summed E-state index contributed by atoms with van der Waals surface area (Å²) in [4.78, 5) is 53.7. The van der Waals surface area contributed by atoms with Crippen molar-refractivity contribution in [1.29, 1.82) is 0 Å². The third-order valence-electron chi connectivity index (χ3n) is 6.41. The van der Waals surface area contributed by atoms with Crippen molar-refractivity contribution >= 4 is 34.8 Å². The maximum absolute atomic E-state index is 13.3.